The van der Waals surface area contributed by atoms with Crippen molar-refractivity contribution < 1.29 is 4.39 Å². The number of pyridine rings is 1. The molecule has 1 heterocycles. The van der Waals surface area contributed by atoms with Crippen LogP contribution < -0.4 is 11.3 Å². The largest absolute Gasteiger partial charge is 0.271 e. The topological polar surface area (TPSA) is 50.9 Å². The van der Waals surface area contributed by atoms with Crippen molar-refractivity contribution in [1.82, 2.24) is 10.4 Å². The zero-order valence-corrected chi connectivity index (χ0v) is 10.0. The molecular weight excluding hydrogens is 217 g/mol. The minimum absolute atomic E-state index is 0.167. The predicted octanol–water partition coefficient (Wildman–Crippen LogP) is 2.70. The maximum absolute atomic E-state index is 13.6. The van der Waals surface area contributed by atoms with E-state index >= 15 is 0 Å². The molecule has 0 bridgehead atoms. The first-order chi connectivity index (χ1) is 8.31. The second-order valence-electron chi connectivity index (χ2n) is 4.83. The van der Waals surface area contributed by atoms with Gasteiger partial charge in [-0.05, 0) is 24.5 Å². The summed E-state index contributed by atoms with van der Waals surface area (Å²) in [5.41, 5.74) is 3.15. The van der Waals surface area contributed by atoms with Crippen LogP contribution in [0.2, 0.25) is 0 Å². The number of rotatable bonds is 4. The molecule has 1 saturated carbocycles. The van der Waals surface area contributed by atoms with Gasteiger partial charge in [-0.2, -0.15) is 0 Å². The lowest BCUT2D eigenvalue weighted by molar-refractivity contribution is 0.295. The second kappa shape index (κ2) is 6.07. The number of hydrogen-bond acceptors (Lipinski definition) is 3. The van der Waals surface area contributed by atoms with E-state index in [9.17, 15) is 4.39 Å². The molecule has 0 aromatic carbocycles. The highest BCUT2D eigenvalue weighted by Gasteiger charge is 2.22. The van der Waals surface area contributed by atoms with E-state index in [4.69, 9.17) is 5.84 Å². The smallest absolute Gasteiger partial charge is 0.146 e. The van der Waals surface area contributed by atoms with Crippen LogP contribution in [0.1, 0.15) is 50.3 Å². The fourth-order valence-corrected chi connectivity index (χ4v) is 2.67. The lowest BCUT2D eigenvalue weighted by atomic mass is 9.84. The van der Waals surface area contributed by atoms with Crippen LogP contribution in [0.4, 0.5) is 4.39 Å². The number of aromatic nitrogens is 1. The van der Waals surface area contributed by atoms with Crippen LogP contribution in [0.25, 0.3) is 0 Å². The van der Waals surface area contributed by atoms with Crippen molar-refractivity contribution in [3.63, 3.8) is 0 Å². The minimum atomic E-state index is -0.272. The van der Waals surface area contributed by atoms with Gasteiger partial charge in [-0.25, -0.2) is 4.39 Å². The SMILES string of the molecule is NNC(CC1CCCCC1)c1ncccc1F. The molecule has 0 spiro atoms. The summed E-state index contributed by atoms with van der Waals surface area (Å²) in [6.45, 7) is 0. The number of nitrogens with zero attached hydrogens (tertiary/aromatic N) is 1. The van der Waals surface area contributed by atoms with E-state index in [1.54, 1.807) is 12.3 Å². The average Bonchev–Trinajstić information content (AvgIpc) is 2.38. The number of hydrogen-bond donors (Lipinski definition) is 2. The Bertz CT molecular complexity index is 350. The van der Waals surface area contributed by atoms with Crippen LogP contribution in [0.5, 0.6) is 0 Å². The molecule has 1 fully saturated rings. The third-order valence-corrected chi connectivity index (χ3v) is 3.61. The molecule has 17 heavy (non-hydrogen) atoms. The van der Waals surface area contributed by atoms with Crippen LogP contribution in [0, 0.1) is 11.7 Å². The molecule has 3 N–H and O–H groups in total. The molecule has 1 aromatic rings. The summed E-state index contributed by atoms with van der Waals surface area (Å²) in [7, 11) is 0. The van der Waals surface area contributed by atoms with Crippen molar-refractivity contribution >= 4 is 0 Å². The molecule has 0 saturated heterocycles. The second-order valence-corrected chi connectivity index (χ2v) is 4.83. The van der Waals surface area contributed by atoms with Gasteiger partial charge in [0.2, 0.25) is 0 Å². The van der Waals surface area contributed by atoms with Gasteiger partial charge in [-0.15, -0.1) is 0 Å². The number of hydrazine groups is 1. The van der Waals surface area contributed by atoms with Crippen LogP contribution in [-0.2, 0) is 0 Å². The zero-order valence-electron chi connectivity index (χ0n) is 10.0. The Hall–Kier alpha value is -1.00. The van der Waals surface area contributed by atoms with Gasteiger partial charge in [0.25, 0.3) is 0 Å². The first kappa shape index (κ1) is 12.5. The summed E-state index contributed by atoms with van der Waals surface area (Å²) in [4.78, 5) is 4.10. The Morgan fingerprint density at radius 3 is 2.82 bits per heavy atom. The van der Waals surface area contributed by atoms with Gasteiger partial charge in [-0.3, -0.25) is 16.3 Å². The van der Waals surface area contributed by atoms with E-state index in [-0.39, 0.29) is 11.9 Å². The standard InChI is InChI=1S/C13H20FN3/c14-11-7-4-8-16-13(11)12(17-15)9-10-5-2-1-3-6-10/h4,7-8,10,12,17H,1-3,5-6,9,15H2. The first-order valence-electron chi connectivity index (χ1n) is 6.38. The van der Waals surface area contributed by atoms with Crippen molar-refractivity contribution in [2.45, 2.75) is 44.6 Å². The third-order valence-electron chi connectivity index (χ3n) is 3.61. The van der Waals surface area contributed by atoms with Crippen molar-refractivity contribution in [3.8, 4) is 0 Å². The molecule has 1 aromatic heterocycles. The van der Waals surface area contributed by atoms with Gasteiger partial charge in [0.1, 0.15) is 5.82 Å². The highest BCUT2D eigenvalue weighted by atomic mass is 19.1. The highest BCUT2D eigenvalue weighted by Crippen LogP contribution is 2.31. The molecule has 3 nitrogen and oxygen atoms in total. The molecule has 1 aliphatic carbocycles. The number of nitrogens with one attached hydrogen (secondary N) is 1. The number of halogens is 1. The Morgan fingerprint density at radius 1 is 1.41 bits per heavy atom. The summed E-state index contributed by atoms with van der Waals surface area (Å²) in [5, 5.41) is 0. The third kappa shape index (κ3) is 3.23. The fraction of sp³-hybridized carbons (Fsp3) is 0.615. The molecule has 94 valence electrons. The van der Waals surface area contributed by atoms with Gasteiger partial charge in [0, 0.05) is 6.20 Å². The van der Waals surface area contributed by atoms with Crippen molar-refractivity contribution in [1.29, 1.82) is 0 Å². The van der Waals surface area contributed by atoms with Crippen LogP contribution in [0.15, 0.2) is 18.3 Å². The quantitative estimate of drug-likeness (QED) is 0.625. The van der Waals surface area contributed by atoms with Crippen molar-refractivity contribution in [2.75, 3.05) is 0 Å². The summed E-state index contributed by atoms with van der Waals surface area (Å²) in [6, 6.07) is 2.87. The monoisotopic (exact) mass is 237 g/mol. The molecule has 4 heteroatoms. The lowest BCUT2D eigenvalue weighted by Gasteiger charge is -2.26. The zero-order chi connectivity index (χ0) is 12.1. The van der Waals surface area contributed by atoms with Gasteiger partial charge >= 0.3 is 0 Å². The highest BCUT2D eigenvalue weighted by molar-refractivity contribution is 5.11. The van der Waals surface area contributed by atoms with E-state index in [0.29, 0.717) is 11.6 Å². The average molecular weight is 237 g/mol. The Balaban J connectivity index is 2.03. The molecular formula is C13H20FN3. The van der Waals surface area contributed by atoms with Gasteiger partial charge in [-0.1, -0.05) is 32.1 Å². The maximum atomic E-state index is 13.6. The summed E-state index contributed by atoms with van der Waals surface area (Å²) < 4.78 is 13.6. The van der Waals surface area contributed by atoms with Gasteiger partial charge < -0.3 is 0 Å². The van der Waals surface area contributed by atoms with Gasteiger partial charge in [0.05, 0.1) is 11.7 Å². The predicted molar refractivity (Wildman–Crippen MR) is 65.5 cm³/mol. The van der Waals surface area contributed by atoms with Crippen molar-refractivity contribution in [2.24, 2.45) is 11.8 Å². The molecule has 0 amide bonds. The minimum Gasteiger partial charge on any atom is -0.271 e. The summed E-state index contributed by atoms with van der Waals surface area (Å²) in [5.74, 6) is 5.91. The van der Waals surface area contributed by atoms with Crippen LogP contribution >= 0.6 is 0 Å². The maximum Gasteiger partial charge on any atom is 0.146 e. The Morgan fingerprint density at radius 2 is 2.18 bits per heavy atom. The summed E-state index contributed by atoms with van der Waals surface area (Å²) >= 11 is 0. The summed E-state index contributed by atoms with van der Waals surface area (Å²) in [6.07, 6.45) is 8.85. The van der Waals surface area contributed by atoms with E-state index in [1.165, 1.54) is 38.2 Å². The Labute approximate surface area is 102 Å². The van der Waals surface area contributed by atoms with E-state index in [2.05, 4.69) is 10.4 Å². The van der Waals surface area contributed by atoms with E-state index in [0.717, 1.165) is 6.42 Å². The first-order valence-corrected chi connectivity index (χ1v) is 6.38. The molecule has 1 atom stereocenters. The molecule has 2 rings (SSSR count). The lowest BCUT2D eigenvalue weighted by Crippen LogP contribution is -2.31. The van der Waals surface area contributed by atoms with Crippen LogP contribution in [-0.4, -0.2) is 4.98 Å². The number of nitrogens with two attached hydrogens (primary N) is 1. The van der Waals surface area contributed by atoms with E-state index in [1.807, 2.05) is 0 Å². The van der Waals surface area contributed by atoms with E-state index < -0.39 is 0 Å². The molecule has 1 aliphatic rings. The van der Waals surface area contributed by atoms with Gasteiger partial charge in [0.15, 0.2) is 0 Å². The Kier molecular flexibility index (Phi) is 4.45. The van der Waals surface area contributed by atoms with Crippen molar-refractivity contribution in [3.05, 3.63) is 29.8 Å². The molecule has 0 radical (unpaired) electrons. The molecule has 1 unspecified atom stereocenters. The molecule has 0 aliphatic heterocycles. The fourth-order valence-electron chi connectivity index (χ4n) is 2.67. The van der Waals surface area contributed by atoms with Crippen LogP contribution in [0.3, 0.4) is 0 Å². The normalized spacial score (nSPS) is 19.2.